The van der Waals surface area contributed by atoms with Crippen molar-refractivity contribution in [1.82, 2.24) is 5.32 Å². The van der Waals surface area contributed by atoms with Crippen molar-refractivity contribution in [3.05, 3.63) is 24.3 Å². The highest BCUT2D eigenvalue weighted by Crippen LogP contribution is 2.24. The van der Waals surface area contributed by atoms with Gasteiger partial charge in [-0.25, -0.2) is 0 Å². The molecule has 0 fully saturated rings. The van der Waals surface area contributed by atoms with Crippen molar-refractivity contribution in [2.75, 3.05) is 25.5 Å². The number of benzene rings is 1. The monoisotopic (exact) mass is 266 g/mol. The number of hydrogen-bond donors (Lipinski definition) is 2. The van der Waals surface area contributed by atoms with Crippen LogP contribution in [0.5, 0.6) is 0 Å². The van der Waals surface area contributed by atoms with Crippen LogP contribution in [-0.4, -0.2) is 25.4 Å². The van der Waals surface area contributed by atoms with Gasteiger partial charge in [0.05, 0.1) is 0 Å². The van der Waals surface area contributed by atoms with Crippen LogP contribution in [0.4, 0.5) is 5.69 Å². The van der Waals surface area contributed by atoms with E-state index in [2.05, 4.69) is 55.7 Å². The first-order chi connectivity index (χ1) is 8.65. The highest BCUT2D eigenvalue weighted by atomic mass is 32.2. The van der Waals surface area contributed by atoms with Gasteiger partial charge in [-0.15, -0.1) is 11.8 Å². The van der Waals surface area contributed by atoms with E-state index < -0.39 is 0 Å². The maximum absolute atomic E-state index is 3.51. The first-order valence-corrected chi connectivity index (χ1v) is 7.68. The van der Waals surface area contributed by atoms with Crippen molar-refractivity contribution in [1.29, 1.82) is 0 Å². The minimum Gasteiger partial charge on any atom is -0.385 e. The quantitative estimate of drug-likeness (QED) is 0.699. The summed E-state index contributed by atoms with van der Waals surface area (Å²) in [6.07, 6.45) is 1.20. The molecular weight excluding hydrogens is 240 g/mol. The molecule has 1 atom stereocenters. The van der Waals surface area contributed by atoms with Gasteiger partial charge in [0.25, 0.3) is 0 Å². The van der Waals surface area contributed by atoms with Crippen LogP contribution in [0.1, 0.15) is 27.2 Å². The summed E-state index contributed by atoms with van der Waals surface area (Å²) in [5.74, 6) is 0.694. The highest BCUT2D eigenvalue weighted by molar-refractivity contribution is 7.99. The van der Waals surface area contributed by atoms with E-state index in [1.807, 2.05) is 18.8 Å². The summed E-state index contributed by atoms with van der Waals surface area (Å²) < 4.78 is 0. The van der Waals surface area contributed by atoms with Crippen LogP contribution in [0.3, 0.4) is 0 Å². The summed E-state index contributed by atoms with van der Waals surface area (Å²) in [7, 11) is 2.01. The van der Waals surface area contributed by atoms with E-state index in [1.54, 1.807) is 0 Å². The van der Waals surface area contributed by atoms with E-state index in [4.69, 9.17) is 0 Å². The van der Waals surface area contributed by atoms with Crippen LogP contribution < -0.4 is 10.6 Å². The van der Waals surface area contributed by atoms with Crippen molar-refractivity contribution < 1.29 is 0 Å². The Hall–Kier alpha value is -0.670. The molecule has 0 radical (unpaired) electrons. The van der Waals surface area contributed by atoms with Gasteiger partial charge in [0.15, 0.2) is 0 Å². The van der Waals surface area contributed by atoms with Gasteiger partial charge in [0, 0.05) is 22.4 Å². The van der Waals surface area contributed by atoms with E-state index in [9.17, 15) is 0 Å². The normalized spacial score (nSPS) is 12.7. The molecule has 1 unspecified atom stereocenters. The molecule has 2 N–H and O–H groups in total. The molecule has 0 amide bonds. The average Bonchev–Trinajstić information content (AvgIpc) is 2.35. The Balaban J connectivity index is 2.43. The summed E-state index contributed by atoms with van der Waals surface area (Å²) in [4.78, 5) is 1.35. The molecule has 0 saturated carbocycles. The van der Waals surface area contributed by atoms with Crippen LogP contribution in [0, 0.1) is 5.92 Å². The van der Waals surface area contributed by atoms with Crippen molar-refractivity contribution in [3.63, 3.8) is 0 Å². The van der Waals surface area contributed by atoms with Gasteiger partial charge in [0.2, 0.25) is 0 Å². The summed E-state index contributed by atoms with van der Waals surface area (Å²) in [6.45, 7) is 8.80. The molecule has 0 aliphatic rings. The van der Waals surface area contributed by atoms with Gasteiger partial charge >= 0.3 is 0 Å². The third-order valence-corrected chi connectivity index (χ3v) is 3.91. The van der Waals surface area contributed by atoms with Crippen molar-refractivity contribution >= 4 is 17.4 Å². The summed E-state index contributed by atoms with van der Waals surface area (Å²) in [5, 5.41) is 7.40. The van der Waals surface area contributed by atoms with Gasteiger partial charge in [-0.05, 0) is 43.8 Å². The molecule has 3 heteroatoms. The molecule has 1 aromatic carbocycles. The zero-order chi connectivity index (χ0) is 13.4. The fourth-order valence-corrected chi connectivity index (χ4v) is 2.67. The molecule has 2 nitrogen and oxygen atoms in total. The second kappa shape index (κ2) is 8.44. The van der Waals surface area contributed by atoms with Crippen molar-refractivity contribution in [3.8, 4) is 0 Å². The predicted molar refractivity (Wildman–Crippen MR) is 83.6 cm³/mol. The lowest BCUT2D eigenvalue weighted by molar-refractivity contribution is 0.506. The van der Waals surface area contributed by atoms with E-state index >= 15 is 0 Å². The first-order valence-electron chi connectivity index (χ1n) is 6.80. The second-order valence-electron chi connectivity index (χ2n) is 4.90. The van der Waals surface area contributed by atoms with Gasteiger partial charge in [-0.2, -0.15) is 0 Å². The van der Waals surface area contributed by atoms with E-state index in [-0.39, 0.29) is 0 Å². The maximum atomic E-state index is 3.51. The van der Waals surface area contributed by atoms with Crippen LogP contribution in [0.2, 0.25) is 0 Å². The van der Waals surface area contributed by atoms with Crippen LogP contribution >= 0.6 is 11.8 Å². The SMILES string of the molecule is CCC(CNC)CNc1ccc(SC(C)C)cc1. The zero-order valence-electron chi connectivity index (χ0n) is 12.0. The first kappa shape index (κ1) is 15.4. The predicted octanol–water partition coefficient (Wildman–Crippen LogP) is 3.84. The lowest BCUT2D eigenvalue weighted by Gasteiger charge is -2.16. The minimum absolute atomic E-state index is 0.643. The standard InChI is InChI=1S/C15H26N2S/c1-5-13(10-16-4)11-17-14-6-8-15(9-7-14)18-12(2)3/h6-9,12-13,16-17H,5,10-11H2,1-4H3. The molecular formula is C15H26N2S. The number of hydrogen-bond acceptors (Lipinski definition) is 3. The molecule has 0 aliphatic carbocycles. The summed E-state index contributed by atoms with van der Waals surface area (Å²) in [6, 6.07) is 8.76. The molecule has 0 spiro atoms. The van der Waals surface area contributed by atoms with Crippen LogP contribution in [0.15, 0.2) is 29.2 Å². The third kappa shape index (κ3) is 5.78. The lowest BCUT2D eigenvalue weighted by atomic mass is 10.1. The van der Waals surface area contributed by atoms with Gasteiger partial charge < -0.3 is 10.6 Å². The van der Waals surface area contributed by atoms with Crippen molar-refractivity contribution in [2.24, 2.45) is 5.92 Å². The van der Waals surface area contributed by atoms with E-state index in [0.717, 1.165) is 13.1 Å². The maximum Gasteiger partial charge on any atom is 0.0341 e. The molecule has 18 heavy (non-hydrogen) atoms. The van der Waals surface area contributed by atoms with Gasteiger partial charge in [-0.1, -0.05) is 27.2 Å². The average molecular weight is 266 g/mol. The van der Waals surface area contributed by atoms with E-state index in [0.29, 0.717) is 11.2 Å². The van der Waals surface area contributed by atoms with Crippen LogP contribution in [-0.2, 0) is 0 Å². The number of thioether (sulfide) groups is 1. The third-order valence-electron chi connectivity index (χ3n) is 2.89. The molecule has 0 saturated heterocycles. The lowest BCUT2D eigenvalue weighted by Crippen LogP contribution is -2.24. The minimum atomic E-state index is 0.643. The molecule has 0 aliphatic heterocycles. The highest BCUT2D eigenvalue weighted by Gasteiger charge is 2.04. The van der Waals surface area contributed by atoms with Crippen molar-refractivity contribution in [2.45, 2.75) is 37.3 Å². The largest absolute Gasteiger partial charge is 0.385 e. The Bertz CT molecular complexity index is 322. The Labute approximate surface area is 116 Å². The fourth-order valence-electron chi connectivity index (χ4n) is 1.84. The molecule has 1 aromatic rings. The Morgan fingerprint density at radius 3 is 2.28 bits per heavy atom. The molecule has 0 heterocycles. The number of anilines is 1. The Kier molecular flexibility index (Phi) is 7.21. The fraction of sp³-hybridized carbons (Fsp3) is 0.600. The number of nitrogens with one attached hydrogen (secondary N) is 2. The Morgan fingerprint density at radius 1 is 1.11 bits per heavy atom. The zero-order valence-corrected chi connectivity index (χ0v) is 12.8. The topological polar surface area (TPSA) is 24.1 Å². The molecule has 102 valence electrons. The second-order valence-corrected chi connectivity index (χ2v) is 6.55. The van der Waals surface area contributed by atoms with Gasteiger partial charge in [0.1, 0.15) is 0 Å². The summed E-state index contributed by atoms with van der Waals surface area (Å²) in [5.41, 5.74) is 1.22. The number of rotatable bonds is 8. The van der Waals surface area contributed by atoms with Gasteiger partial charge in [-0.3, -0.25) is 0 Å². The Morgan fingerprint density at radius 2 is 1.78 bits per heavy atom. The molecule has 0 bridgehead atoms. The van der Waals surface area contributed by atoms with E-state index in [1.165, 1.54) is 17.0 Å². The molecule has 1 rings (SSSR count). The summed E-state index contributed by atoms with van der Waals surface area (Å²) >= 11 is 1.91. The smallest absolute Gasteiger partial charge is 0.0341 e. The molecule has 0 aromatic heterocycles. The van der Waals surface area contributed by atoms with Crippen LogP contribution in [0.25, 0.3) is 0 Å².